The Kier molecular flexibility index (Phi) is 3.15. The molecule has 2 N–H and O–H groups in total. The number of anilines is 2. The van der Waals surface area contributed by atoms with Crippen LogP contribution < -0.4 is 15.5 Å². The molecule has 5 heteroatoms. The molecule has 0 radical (unpaired) electrons. The van der Waals surface area contributed by atoms with Crippen molar-refractivity contribution in [2.45, 2.75) is 12.8 Å². The normalized spacial score (nSPS) is 19.7. The third-order valence-corrected chi connectivity index (χ3v) is 3.43. The SMILES string of the molecule is O=C(Nc1ccc(N2CCNCC2)cn1)C1CC1. The molecule has 1 aromatic rings. The van der Waals surface area contributed by atoms with E-state index in [4.69, 9.17) is 0 Å². The molecule has 1 saturated carbocycles. The van der Waals surface area contributed by atoms with Gasteiger partial charge in [-0.15, -0.1) is 0 Å². The molecule has 96 valence electrons. The first-order valence-electron chi connectivity index (χ1n) is 6.55. The van der Waals surface area contributed by atoms with Gasteiger partial charge >= 0.3 is 0 Å². The van der Waals surface area contributed by atoms with Crippen molar-refractivity contribution < 1.29 is 4.79 Å². The van der Waals surface area contributed by atoms with Crippen LogP contribution in [-0.4, -0.2) is 37.1 Å². The molecular formula is C13H18N4O. The van der Waals surface area contributed by atoms with Gasteiger partial charge in [0.05, 0.1) is 11.9 Å². The Bertz CT molecular complexity index is 421. The van der Waals surface area contributed by atoms with Gasteiger partial charge in [-0.05, 0) is 25.0 Å². The van der Waals surface area contributed by atoms with E-state index in [1.54, 1.807) is 0 Å². The lowest BCUT2D eigenvalue weighted by molar-refractivity contribution is -0.117. The molecule has 18 heavy (non-hydrogen) atoms. The van der Waals surface area contributed by atoms with E-state index in [0.29, 0.717) is 5.82 Å². The average molecular weight is 246 g/mol. The molecule has 2 heterocycles. The number of hydrogen-bond acceptors (Lipinski definition) is 4. The minimum absolute atomic E-state index is 0.109. The third-order valence-electron chi connectivity index (χ3n) is 3.43. The molecule has 1 saturated heterocycles. The second-order valence-electron chi connectivity index (χ2n) is 4.90. The molecule has 1 aliphatic heterocycles. The zero-order valence-electron chi connectivity index (χ0n) is 10.4. The van der Waals surface area contributed by atoms with Crippen molar-refractivity contribution in [2.75, 3.05) is 36.4 Å². The van der Waals surface area contributed by atoms with Crippen LogP contribution in [0.15, 0.2) is 18.3 Å². The van der Waals surface area contributed by atoms with Crippen LogP contribution in [0.2, 0.25) is 0 Å². The van der Waals surface area contributed by atoms with Crippen molar-refractivity contribution >= 4 is 17.4 Å². The van der Waals surface area contributed by atoms with Gasteiger partial charge in [0.15, 0.2) is 0 Å². The van der Waals surface area contributed by atoms with Gasteiger partial charge in [0.2, 0.25) is 5.91 Å². The first-order chi connectivity index (χ1) is 8.83. The van der Waals surface area contributed by atoms with Crippen LogP contribution in [0.1, 0.15) is 12.8 Å². The predicted octanol–water partition coefficient (Wildman–Crippen LogP) is 0.840. The highest BCUT2D eigenvalue weighted by molar-refractivity contribution is 5.93. The van der Waals surface area contributed by atoms with Crippen molar-refractivity contribution in [1.29, 1.82) is 0 Å². The first kappa shape index (κ1) is 11.5. The maximum atomic E-state index is 11.6. The summed E-state index contributed by atoms with van der Waals surface area (Å²) < 4.78 is 0. The number of aromatic nitrogens is 1. The summed E-state index contributed by atoms with van der Waals surface area (Å²) in [7, 11) is 0. The van der Waals surface area contributed by atoms with Gasteiger partial charge in [0, 0.05) is 32.1 Å². The number of carbonyl (C=O) groups is 1. The molecule has 0 spiro atoms. The Morgan fingerprint density at radius 2 is 2.11 bits per heavy atom. The molecule has 1 amide bonds. The minimum atomic E-state index is 0.109. The number of nitrogens with one attached hydrogen (secondary N) is 2. The van der Waals surface area contributed by atoms with Crippen LogP contribution in [0.4, 0.5) is 11.5 Å². The fourth-order valence-electron chi connectivity index (χ4n) is 2.14. The van der Waals surface area contributed by atoms with Gasteiger partial charge in [0.1, 0.15) is 5.82 Å². The fourth-order valence-corrected chi connectivity index (χ4v) is 2.14. The second kappa shape index (κ2) is 4.94. The Hall–Kier alpha value is -1.62. The van der Waals surface area contributed by atoms with Crippen LogP contribution >= 0.6 is 0 Å². The lowest BCUT2D eigenvalue weighted by Crippen LogP contribution is -2.43. The van der Waals surface area contributed by atoms with E-state index in [2.05, 4.69) is 20.5 Å². The standard InChI is InChI=1S/C13H18N4O/c18-13(10-1-2-10)16-12-4-3-11(9-15-12)17-7-5-14-6-8-17/h3-4,9-10,14H,1-2,5-8H2,(H,15,16,18). The molecule has 0 bridgehead atoms. The number of piperazine rings is 1. The summed E-state index contributed by atoms with van der Waals surface area (Å²) in [4.78, 5) is 18.2. The van der Waals surface area contributed by atoms with E-state index in [-0.39, 0.29) is 11.8 Å². The molecular weight excluding hydrogens is 228 g/mol. The van der Waals surface area contributed by atoms with Gasteiger partial charge < -0.3 is 15.5 Å². The molecule has 0 atom stereocenters. The van der Waals surface area contributed by atoms with E-state index >= 15 is 0 Å². The highest BCUT2D eigenvalue weighted by Gasteiger charge is 2.29. The van der Waals surface area contributed by atoms with Gasteiger partial charge in [-0.3, -0.25) is 4.79 Å². The lowest BCUT2D eigenvalue weighted by Gasteiger charge is -2.29. The van der Waals surface area contributed by atoms with E-state index in [9.17, 15) is 4.79 Å². The number of rotatable bonds is 3. The number of carbonyl (C=O) groups excluding carboxylic acids is 1. The van der Waals surface area contributed by atoms with Gasteiger partial charge in [-0.25, -0.2) is 4.98 Å². The zero-order valence-corrected chi connectivity index (χ0v) is 10.4. The maximum Gasteiger partial charge on any atom is 0.228 e. The van der Waals surface area contributed by atoms with Crippen LogP contribution in [0.25, 0.3) is 0 Å². The summed E-state index contributed by atoms with van der Waals surface area (Å²) in [6.45, 7) is 4.05. The Morgan fingerprint density at radius 3 is 2.72 bits per heavy atom. The molecule has 5 nitrogen and oxygen atoms in total. The van der Waals surface area contributed by atoms with E-state index < -0.39 is 0 Å². The largest absolute Gasteiger partial charge is 0.368 e. The molecule has 2 aliphatic rings. The molecule has 1 aliphatic carbocycles. The lowest BCUT2D eigenvalue weighted by atomic mass is 10.3. The van der Waals surface area contributed by atoms with Crippen molar-refractivity contribution in [3.8, 4) is 0 Å². The summed E-state index contributed by atoms with van der Waals surface area (Å²) in [5.41, 5.74) is 1.13. The van der Waals surface area contributed by atoms with E-state index in [0.717, 1.165) is 44.7 Å². The Labute approximate surface area is 107 Å². The Morgan fingerprint density at radius 1 is 1.33 bits per heavy atom. The van der Waals surface area contributed by atoms with Crippen molar-refractivity contribution in [3.63, 3.8) is 0 Å². The third kappa shape index (κ3) is 2.61. The van der Waals surface area contributed by atoms with E-state index in [1.807, 2.05) is 18.3 Å². The Balaban J connectivity index is 1.62. The number of amides is 1. The average Bonchev–Trinajstić information content (AvgIpc) is 3.25. The number of hydrogen-bond donors (Lipinski definition) is 2. The topological polar surface area (TPSA) is 57.3 Å². The summed E-state index contributed by atoms with van der Waals surface area (Å²) in [6, 6.07) is 3.92. The zero-order chi connectivity index (χ0) is 12.4. The summed E-state index contributed by atoms with van der Waals surface area (Å²) >= 11 is 0. The van der Waals surface area contributed by atoms with Crippen molar-refractivity contribution in [2.24, 2.45) is 5.92 Å². The van der Waals surface area contributed by atoms with Crippen LogP contribution in [0, 0.1) is 5.92 Å². The monoisotopic (exact) mass is 246 g/mol. The minimum Gasteiger partial charge on any atom is -0.368 e. The summed E-state index contributed by atoms with van der Waals surface area (Å²) in [6.07, 6.45) is 3.88. The van der Waals surface area contributed by atoms with Crippen LogP contribution in [-0.2, 0) is 4.79 Å². The molecule has 1 aromatic heterocycles. The quantitative estimate of drug-likeness (QED) is 0.830. The summed E-state index contributed by atoms with van der Waals surface area (Å²) in [5.74, 6) is 0.989. The van der Waals surface area contributed by atoms with Gasteiger partial charge in [0.25, 0.3) is 0 Å². The van der Waals surface area contributed by atoms with Crippen LogP contribution in [0.5, 0.6) is 0 Å². The molecule has 0 unspecified atom stereocenters. The highest BCUT2D eigenvalue weighted by atomic mass is 16.2. The smallest absolute Gasteiger partial charge is 0.228 e. The van der Waals surface area contributed by atoms with Gasteiger partial charge in [-0.2, -0.15) is 0 Å². The molecule has 3 rings (SSSR count). The predicted molar refractivity (Wildman–Crippen MR) is 70.7 cm³/mol. The number of nitrogens with zero attached hydrogens (tertiary/aromatic N) is 2. The summed E-state index contributed by atoms with van der Waals surface area (Å²) in [5, 5.41) is 6.18. The van der Waals surface area contributed by atoms with Crippen molar-refractivity contribution in [1.82, 2.24) is 10.3 Å². The molecule has 2 fully saturated rings. The second-order valence-corrected chi connectivity index (χ2v) is 4.90. The number of pyridine rings is 1. The fraction of sp³-hybridized carbons (Fsp3) is 0.538. The van der Waals surface area contributed by atoms with Gasteiger partial charge in [-0.1, -0.05) is 0 Å². The van der Waals surface area contributed by atoms with Crippen molar-refractivity contribution in [3.05, 3.63) is 18.3 Å². The first-order valence-corrected chi connectivity index (χ1v) is 6.55. The van der Waals surface area contributed by atoms with E-state index in [1.165, 1.54) is 0 Å². The molecule has 0 aromatic carbocycles. The van der Waals surface area contributed by atoms with Crippen LogP contribution in [0.3, 0.4) is 0 Å². The maximum absolute atomic E-state index is 11.6. The highest BCUT2D eigenvalue weighted by Crippen LogP contribution is 2.30.